The Morgan fingerprint density at radius 3 is 2.60 bits per heavy atom. The molecule has 0 spiro atoms. The highest BCUT2D eigenvalue weighted by Gasteiger charge is 1.85. The van der Waals surface area contributed by atoms with Gasteiger partial charge < -0.3 is 16.8 Å². The van der Waals surface area contributed by atoms with Crippen LogP contribution in [-0.2, 0) is 0 Å². The van der Waals surface area contributed by atoms with Crippen molar-refractivity contribution in [3.63, 3.8) is 0 Å². The van der Waals surface area contributed by atoms with E-state index in [1.807, 2.05) is 0 Å². The van der Waals surface area contributed by atoms with Crippen molar-refractivity contribution in [1.29, 1.82) is 0 Å². The fourth-order valence-corrected chi connectivity index (χ4v) is 0.235. The Balaban J connectivity index is 5.47. The quantitative estimate of drug-likeness (QED) is 0.474. The van der Waals surface area contributed by atoms with Gasteiger partial charge in [0.05, 0.1) is 0 Å². The molecule has 0 bridgehead atoms. The first kappa shape index (κ1) is 1.79. The minimum absolute atomic E-state index is 1.64. The largest absolute Gasteiger partial charge is 0.330 e. The zero-order valence-corrected chi connectivity index (χ0v) is 5.31. The van der Waals surface area contributed by atoms with E-state index in [-0.39, 0.29) is 0 Å². The summed E-state index contributed by atoms with van der Waals surface area (Å²) < 4.78 is 88.2. The van der Waals surface area contributed by atoms with E-state index in [9.17, 15) is 0 Å². The van der Waals surface area contributed by atoms with Crippen LogP contribution in [-0.4, -0.2) is 26.0 Å². The molecule has 0 aliphatic heterocycles. The lowest BCUT2D eigenvalue weighted by Crippen LogP contribution is -2.19. The summed E-state index contributed by atoms with van der Waals surface area (Å²) in [6.07, 6.45) is -9.03. The predicted octanol–water partition coefficient (Wildman–Crippen LogP) is -0.336. The molecule has 0 aliphatic rings. The molecule has 0 rings (SSSR count). The topological polar surface area (TPSA) is 64.1 Å². The van der Waals surface area contributed by atoms with Crippen LogP contribution in [0, 0.1) is 0 Å². The van der Waals surface area contributed by atoms with Gasteiger partial charge in [0.25, 0.3) is 0 Å². The maximum atomic E-state index is 7.54. The zero-order chi connectivity index (χ0) is 18.4. The van der Waals surface area contributed by atoms with Gasteiger partial charge in [-0.15, -0.1) is 0 Å². The molecule has 0 heterocycles. The van der Waals surface area contributed by atoms with Crippen LogP contribution < -0.4 is 16.8 Å². The lowest BCUT2D eigenvalue weighted by Gasteiger charge is -2.01. The SMILES string of the molecule is [2H][C@H](NC([2H])([2H])C([2H])([2H])C([2H])([2H])C([2H])([2H])N)[C@@H]([2H])C([2H])([2H])N. The summed E-state index contributed by atoms with van der Waals surface area (Å²) in [4.78, 5) is 0. The van der Waals surface area contributed by atoms with E-state index in [0.29, 0.717) is 0 Å². The number of nitrogens with one attached hydrogen (secondary N) is 1. The molecule has 5 N–H and O–H groups in total. The van der Waals surface area contributed by atoms with Crippen LogP contribution in [0.1, 0.15) is 35.6 Å². The highest BCUT2D eigenvalue weighted by atomic mass is 14.8. The van der Waals surface area contributed by atoms with E-state index in [1.165, 1.54) is 0 Å². The second-order valence-electron chi connectivity index (χ2n) is 1.16. The fourth-order valence-electron chi connectivity index (χ4n) is 0.235. The molecule has 0 radical (unpaired) electrons. The van der Waals surface area contributed by atoms with Crippen LogP contribution in [0.25, 0.3) is 0 Å². The van der Waals surface area contributed by atoms with Crippen molar-refractivity contribution in [1.82, 2.24) is 5.32 Å². The molecule has 3 heteroatoms. The van der Waals surface area contributed by atoms with Crippen molar-refractivity contribution in [3.05, 3.63) is 0 Å². The van der Waals surface area contributed by atoms with Crippen molar-refractivity contribution in [2.45, 2.75) is 19.1 Å². The molecule has 62 valence electrons. The average Bonchev–Trinajstić information content (AvgIpc) is 2.23. The van der Waals surface area contributed by atoms with Gasteiger partial charge in [0.15, 0.2) is 0 Å². The third-order valence-electron chi connectivity index (χ3n) is 0.532. The van der Waals surface area contributed by atoms with Crippen molar-refractivity contribution >= 4 is 0 Å². The number of rotatable bonds is 7. The normalized spacial score (nSPS) is 41.4. The molecule has 10 heavy (non-hydrogen) atoms. The van der Waals surface area contributed by atoms with Gasteiger partial charge in [-0.1, -0.05) is 0 Å². The number of nitrogens with two attached hydrogens (primary N) is 2. The predicted molar refractivity (Wildman–Crippen MR) is 44.8 cm³/mol. The summed E-state index contributed by atoms with van der Waals surface area (Å²) in [5.74, 6) is 0. The van der Waals surface area contributed by atoms with Crippen LogP contribution in [0.3, 0.4) is 0 Å². The third-order valence-corrected chi connectivity index (χ3v) is 0.532. The summed E-state index contributed by atoms with van der Waals surface area (Å²) >= 11 is 0. The third kappa shape index (κ3) is 7.88. The lowest BCUT2D eigenvalue weighted by molar-refractivity contribution is 0.611. The summed E-state index contributed by atoms with van der Waals surface area (Å²) in [7, 11) is 0. The fraction of sp³-hybridized carbons (Fsp3) is 1.00. The second kappa shape index (κ2) is 8.88. The van der Waals surface area contributed by atoms with Gasteiger partial charge >= 0.3 is 0 Å². The molecule has 0 amide bonds. The monoisotopic (exact) mass is 157 g/mol. The highest BCUT2D eigenvalue weighted by molar-refractivity contribution is 4.49. The van der Waals surface area contributed by atoms with Gasteiger partial charge in [0.1, 0.15) is 0 Å². The molecule has 0 aromatic rings. The second-order valence-corrected chi connectivity index (χ2v) is 1.16. The molecule has 2 atom stereocenters. The van der Waals surface area contributed by atoms with Crippen molar-refractivity contribution in [2.24, 2.45) is 11.5 Å². The van der Waals surface area contributed by atoms with Crippen LogP contribution in [0.2, 0.25) is 0 Å². The Morgan fingerprint density at radius 2 is 2.00 bits per heavy atom. The standard InChI is InChI=1S/C7H19N3/c8-4-1-2-6-10-7-3-5-9/h10H,1-9H2/i1D2,2D2,3D,4D2,5D2,6D2,7D/t3-,7-/m0/s1. The van der Waals surface area contributed by atoms with Crippen molar-refractivity contribution in [3.8, 4) is 0 Å². The Kier molecular flexibility index (Phi) is 1.59. The summed E-state index contributed by atoms with van der Waals surface area (Å²) in [5, 5.41) is 1.64. The first-order valence-electron chi connectivity index (χ1n) is 8.64. The van der Waals surface area contributed by atoms with E-state index >= 15 is 0 Å². The first-order chi connectivity index (χ1) is 9.29. The van der Waals surface area contributed by atoms with Crippen LogP contribution >= 0.6 is 0 Å². The molecule has 0 saturated carbocycles. The molecule has 0 aromatic heterocycles. The van der Waals surface area contributed by atoms with Gasteiger partial charge in [-0.2, -0.15) is 0 Å². The maximum absolute atomic E-state index is 7.54. The molecule has 0 aliphatic carbocycles. The van der Waals surface area contributed by atoms with Crippen LogP contribution in [0.5, 0.6) is 0 Å². The lowest BCUT2D eigenvalue weighted by atomic mass is 10.3. The van der Waals surface area contributed by atoms with Crippen LogP contribution in [0.15, 0.2) is 0 Å². The van der Waals surface area contributed by atoms with E-state index in [0.717, 1.165) is 0 Å². The molecule has 0 fully saturated rings. The Hall–Kier alpha value is -0.120. The van der Waals surface area contributed by atoms with E-state index < -0.39 is 45.2 Å². The summed E-state index contributed by atoms with van der Waals surface area (Å²) in [5.41, 5.74) is 9.89. The zero-order valence-electron chi connectivity index (χ0n) is 17.3. The number of hydrogen-bond donors (Lipinski definition) is 3. The Morgan fingerprint density at radius 1 is 1.20 bits per heavy atom. The Bertz CT molecular complexity index is 385. The van der Waals surface area contributed by atoms with Gasteiger partial charge in [0, 0.05) is 16.4 Å². The minimum atomic E-state index is -3.54. The minimum Gasteiger partial charge on any atom is -0.330 e. The summed E-state index contributed by atoms with van der Waals surface area (Å²) in [6, 6.07) is 0. The van der Waals surface area contributed by atoms with Crippen LogP contribution in [0.4, 0.5) is 0 Å². The molecular formula is C7H19N3. The van der Waals surface area contributed by atoms with Gasteiger partial charge in [-0.25, -0.2) is 0 Å². The molecule has 0 saturated heterocycles. The highest BCUT2D eigenvalue weighted by Crippen LogP contribution is 1.81. The van der Waals surface area contributed by atoms with Crippen molar-refractivity contribution < 1.29 is 16.4 Å². The van der Waals surface area contributed by atoms with E-state index in [2.05, 4.69) is 0 Å². The molecule has 3 nitrogen and oxygen atoms in total. The molecule has 0 aromatic carbocycles. The van der Waals surface area contributed by atoms with Gasteiger partial charge in [0.2, 0.25) is 0 Å². The number of hydrogen-bond acceptors (Lipinski definition) is 3. The van der Waals surface area contributed by atoms with Crippen molar-refractivity contribution in [2.75, 3.05) is 26.0 Å². The van der Waals surface area contributed by atoms with E-state index in [1.54, 1.807) is 5.32 Å². The van der Waals surface area contributed by atoms with Gasteiger partial charge in [-0.3, -0.25) is 0 Å². The average molecular weight is 157 g/mol. The smallest absolute Gasteiger partial charge is 0.0428 e. The van der Waals surface area contributed by atoms with Gasteiger partial charge in [-0.05, 0) is 45.2 Å². The van der Waals surface area contributed by atoms with E-state index in [4.69, 9.17) is 27.9 Å². The molecular weight excluding hydrogens is 126 g/mol. The maximum Gasteiger partial charge on any atom is 0.0428 e. The Labute approximate surface area is 80.0 Å². The summed E-state index contributed by atoms with van der Waals surface area (Å²) in [6.45, 7) is -11.3. The first-order valence-corrected chi connectivity index (χ1v) is 2.49. The molecule has 0 unspecified atom stereocenters.